The maximum Gasteiger partial charge on any atom is 0.408 e. The number of amides is 4. The normalized spacial score (nSPS) is 27.2. The number of allylic oxidation sites excluding steroid dienone is 1. The molecule has 1 saturated heterocycles. The molecule has 0 spiro atoms. The molecule has 7 rings (SSSR count). The van der Waals surface area contributed by atoms with Gasteiger partial charge in [-0.2, -0.15) is 0 Å². The van der Waals surface area contributed by atoms with E-state index in [0.717, 1.165) is 11.8 Å². The summed E-state index contributed by atoms with van der Waals surface area (Å²) in [4.78, 5) is 68.0. The molecule has 1 aromatic carbocycles. The second kappa shape index (κ2) is 18.0. The van der Waals surface area contributed by atoms with E-state index in [9.17, 15) is 22.8 Å². The third kappa shape index (κ3) is 10.7. The first-order chi connectivity index (χ1) is 29.7. The highest BCUT2D eigenvalue weighted by molar-refractivity contribution is 7.91. The van der Waals surface area contributed by atoms with Crippen LogP contribution < -0.4 is 29.6 Å². The Hall–Kier alpha value is -5.45. The van der Waals surface area contributed by atoms with Crippen molar-refractivity contribution in [2.45, 2.75) is 134 Å². The fraction of sp³-hybridized carbons (Fsp3) is 0.565. The maximum absolute atomic E-state index is 15.0. The molecule has 2 saturated carbocycles. The maximum atomic E-state index is 15.0. The van der Waals surface area contributed by atoms with Crippen molar-refractivity contribution in [2.24, 2.45) is 17.8 Å². The summed E-state index contributed by atoms with van der Waals surface area (Å²) in [6.45, 7) is 12.9. The van der Waals surface area contributed by atoms with Gasteiger partial charge in [0, 0.05) is 22.0 Å². The van der Waals surface area contributed by atoms with E-state index in [4.69, 9.17) is 23.9 Å². The number of methoxy groups -OCH3 is 1. The van der Waals surface area contributed by atoms with E-state index in [1.807, 2.05) is 57.2 Å². The van der Waals surface area contributed by atoms with Crippen molar-refractivity contribution in [3.63, 3.8) is 0 Å². The molecule has 4 amide bonds. The average molecular weight is 895 g/mol. The van der Waals surface area contributed by atoms with E-state index in [1.54, 1.807) is 46.2 Å². The minimum absolute atomic E-state index is 0. The van der Waals surface area contributed by atoms with Crippen molar-refractivity contribution in [1.29, 1.82) is 0 Å². The number of carbonyl (C=O) groups is 4. The summed E-state index contributed by atoms with van der Waals surface area (Å²) in [6, 6.07) is 8.67. The average Bonchev–Trinajstić information content (AvgIpc) is 4.14. The Labute approximate surface area is 373 Å². The summed E-state index contributed by atoms with van der Waals surface area (Å²) in [5.41, 5.74) is -1.35. The third-order valence-electron chi connectivity index (χ3n) is 11.9. The topological polar surface area (TPSA) is 204 Å². The minimum Gasteiger partial charge on any atom is -0.497 e. The van der Waals surface area contributed by atoms with Gasteiger partial charge in [-0.05, 0) is 127 Å². The first-order valence-corrected chi connectivity index (χ1v) is 23.4. The molecule has 2 aromatic heterocycles. The Morgan fingerprint density at radius 1 is 1.02 bits per heavy atom. The van der Waals surface area contributed by atoms with Gasteiger partial charge in [0.1, 0.15) is 40.8 Å². The van der Waals surface area contributed by atoms with Crippen molar-refractivity contribution >= 4 is 44.6 Å². The molecule has 3 fully saturated rings. The Balaban J connectivity index is 0.00000317. The van der Waals surface area contributed by atoms with Crippen LogP contribution in [0.25, 0.3) is 22.2 Å². The Bertz CT molecular complexity index is 2380. The minimum atomic E-state index is -3.94. The quantitative estimate of drug-likeness (QED) is 0.185. The second-order valence-corrected chi connectivity index (χ2v) is 20.8. The molecule has 63 heavy (non-hydrogen) atoms. The first kappa shape index (κ1) is 45.6. The lowest BCUT2D eigenvalue weighted by Crippen LogP contribution is -2.59. The van der Waals surface area contributed by atoms with Crippen LogP contribution in [-0.2, 0) is 29.1 Å². The smallest absolute Gasteiger partial charge is 0.408 e. The van der Waals surface area contributed by atoms with E-state index in [1.165, 1.54) is 4.90 Å². The van der Waals surface area contributed by atoms with Crippen molar-refractivity contribution in [3.8, 4) is 28.8 Å². The van der Waals surface area contributed by atoms with Gasteiger partial charge in [0.15, 0.2) is 0 Å². The molecule has 4 aliphatic rings. The summed E-state index contributed by atoms with van der Waals surface area (Å²) in [7, 11) is -2.36. The zero-order valence-corrected chi connectivity index (χ0v) is 38.1. The molecule has 7 atom stereocenters. The number of nitrogens with one attached hydrogen (secondary N) is 3. The number of rotatable bonds is 10. The van der Waals surface area contributed by atoms with Crippen LogP contribution in [0.1, 0.15) is 97.7 Å². The number of alkyl carbamates (subject to hydrolysis) is 1. The van der Waals surface area contributed by atoms with E-state index < -0.39 is 74.3 Å². The van der Waals surface area contributed by atoms with Gasteiger partial charge in [-0.25, -0.2) is 18.2 Å². The molecule has 0 radical (unpaired) electrons. The molecular formula is C46H66N6O10S. The summed E-state index contributed by atoms with van der Waals surface area (Å²) < 4.78 is 51.9. The lowest BCUT2D eigenvalue weighted by molar-refractivity contribution is -0.142. The molecule has 3 aromatic rings. The van der Waals surface area contributed by atoms with Gasteiger partial charge in [-0.1, -0.05) is 26.0 Å². The van der Waals surface area contributed by atoms with Crippen molar-refractivity contribution < 1.29 is 50.8 Å². The van der Waals surface area contributed by atoms with Crippen LogP contribution in [0.5, 0.6) is 17.4 Å². The van der Waals surface area contributed by atoms with E-state index in [-0.39, 0.29) is 47.5 Å². The number of hydrogen-bond donors (Lipinski definition) is 3. The number of fused-ring (bicyclic) bond motifs is 3. The first-order valence-electron chi connectivity index (χ1n) is 21.9. The fourth-order valence-electron chi connectivity index (χ4n) is 8.52. The van der Waals surface area contributed by atoms with Crippen molar-refractivity contribution in [2.75, 3.05) is 13.7 Å². The van der Waals surface area contributed by atoms with Crippen molar-refractivity contribution in [3.05, 3.63) is 54.7 Å². The Morgan fingerprint density at radius 3 is 2.43 bits per heavy atom. The number of benzene rings is 1. The lowest BCUT2D eigenvalue weighted by atomic mass is 9.88. The largest absolute Gasteiger partial charge is 0.497 e. The fourth-order valence-corrected chi connectivity index (χ4v) is 9.88. The molecule has 17 heteroatoms. The molecule has 2 aliphatic carbocycles. The predicted molar refractivity (Wildman–Crippen MR) is 242 cm³/mol. The van der Waals surface area contributed by atoms with Gasteiger partial charge in [-0.15, -0.1) is 0 Å². The van der Waals surface area contributed by atoms with Crippen LogP contribution in [0.4, 0.5) is 4.79 Å². The number of sulfonamides is 1. The van der Waals surface area contributed by atoms with E-state index in [2.05, 4.69) is 27.3 Å². The number of aromatic nitrogens is 2. The highest BCUT2D eigenvalue weighted by atomic mass is 32.2. The summed E-state index contributed by atoms with van der Waals surface area (Å²) in [6.07, 6.45) is 6.91. The predicted octanol–water partition coefficient (Wildman–Crippen LogP) is 6.57. The number of carbonyl (C=O) groups excluding carboxylic acids is 4. The second-order valence-electron chi connectivity index (χ2n) is 18.8. The van der Waals surface area contributed by atoms with Gasteiger partial charge >= 0.3 is 6.09 Å². The van der Waals surface area contributed by atoms with Gasteiger partial charge in [-0.3, -0.25) is 24.1 Å². The van der Waals surface area contributed by atoms with E-state index >= 15 is 4.79 Å². The van der Waals surface area contributed by atoms with Gasteiger partial charge < -0.3 is 34.5 Å². The summed E-state index contributed by atoms with van der Waals surface area (Å²) >= 11 is 0. The molecule has 2 aliphatic heterocycles. The third-order valence-corrected chi connectivity index (χ3v) is 13.8. The van der Waals surface area contributed by atoms with Gasteiger partial charge in [0.05, 0.1) is 42.6 Å². The molecule has 0 bridgehead atoms. The van der Waals surface area contributed by atoms with E-state index in [0.29, 0.717) is 54.0 Å². The lowest BCUT2D eigenvalue weighted by Gasteiger charge is -2.33. The highest BCUT2D eigenvalue weighted by Gasteiger charge is 2.62. The molecule has 4 heterocycles. The Kier molecular flexibility index (Phi) is 13.0. The molecule has 3 N–H and O–H groups in total. The number of hydrogen-bond acceptors (Lipinski definition) is 12. The summed E-state index contributed by atoms with van der Waals surface area (Å²) in [5, 5.41) is 6.48. The van der Waals surface area contributed by atoms with Crippen LogP contribution in [0.15, 0.2) is 54.7 Å². The molecule has 16 nitrogen and oxygen atoms in total. The molecule has 0 unspecified atom stereocenters. The van der Waals surface area contributed by atoms with Gasteiger partial charge in [0.25, 0.3) is 5.91 Å². The SMILES string of the molecule is COc1ccc2c(O[C@@H]3C[C@H]4C(=O)N[C@]5(C(=O)NS(=O)(=O)C6CC6)C[C@H]5/C=C\CC[C@H](C)C[C@@H](C)[C@H](NC(=O)OC(C)(C)C)C(=O)N4C3)nc(-c3ccc(OC(C)C)cn3)cc2c1.[HH].[HH].[HH]. The van der Waals surface area contributed by atoms with Crippen LogP contribution in [0, 0.1) is 17.8 Å². The van der Waals surface area contributed by atoms with Crippen molar-refractivity contribution in [1.82, 2.24) is 30.2 Å². The Morgan fingerprint density at radius 2 is 1.76 bits per heavy atom. The van der Waals surface area contributed by atoms with Gasteiger partial charge in [0.2, 0.25) is 27.7 Å². The zero-order chi connectivity index (χ0) is 45.4. The monoisotopic (exact) mass is 894 g/mol. The zero-order valence-electron chi connectivity index (χ0n) is 37.3. The highest BCUT2D eigenvalue weighted by Crippen LogP contribution is 2.46. The number of nitrogens with zero attached hydrogens (tertiary/aromatic N) is 3. The number of ether oxygens (including phenoxy) is 4. The van der Waals surface area contributed by atoms with Crippen LogP contribution >= 0.6 is 0 Å². The standard InChI is InChI=1S/C46H60N6O10S.3H2/c1-26(2)60-32-14-18-36(47-24-32)37-21-29-20-31(59-8)13-17-35(29)41(48-37)61-33-22-38-40(53)50-46(43(55)51-63(57,58)34-15-16-34)23-30(46)12-10-9-11-27(3)19-28(4)39(42(54)52(38)25-33)49-44(56)62-45(5,6)7;;;/h10,12-14,17-18,20-21,24,26-28,30,33-34,38-39H,9,11,15-16,19,22-23,25H2,1-8H3,(H,49,56)(H,50,53)(H,51,55);3*1H/b12-10-;;;/t27-,28+,30+,33+,38-,39-,46+;;;/m0.../s1. The molecule has 346 valence electrons. The van der Waals surface area contributed by atoms with Crippen LogP contribution in [-0.4, -0.2) is 101 Å². The summed E-state index contributed by atoms with van der Waals surface area (Å²) in [5.74, 6) is -1.26. The van der Waals surface area contributed by atoms with Crippen LogP contribution in [0.2, 0.25) is 0 Å². The van der Waals surface area contributed by atoms with Crippen LogP contribution in [0.3, 0.4) is 0 Å². The number of pyridine rings is 2. The molecular weight excluding hydrogens is 829 g/mol.